The molecule has 36 heavy (non-hydrogen) atoms. The van der Waals surface area contributed by atoms with E-state index in [1.54, 1.807) is 10.9 Å². The van der Waals surface area contributed by atoms with E-state index in [0.29, 0.717) is 12.1 Å². The number of nitrogens with zero attached hydrogens (tertiary/aromatic N) is 4. The maximum absolute atomic E-state index is 12.6. The van der Waals surface area contributed by atoms with Crippen molar-refractivity contribution in [2.45, 2.75) is 71.7 Å². The van der Waals surface area contributed by atoms with E-state index in [1.807, 2.05) is 75.1 Å². The van der Waals surface area contributed by atoms with E-state index in [2.05, 4.69) is 33.9 Å². The first-order valence-electron chi connectivity index (χ1n) is 12.3. The Morgan fingerprint density at radius 3 is 2.53 bits per heavy atom. The quantitative estimate of drug-likeness (QED) is 0.505. The van der Waals surface area contributed by atoms with Crippen LogP contribution in [0, 0.1) is 0 Å². The summed E-state index contributed by atoms with van der Waals surface area (Å²) in [5, 5.41) is 14.6. The third-order valence-electron chi connectivity index (χ3n) is 5.99. The number of nitrogens with one attached hydrogen (secondary N) is 2. The monoisotopic (exact) mass is 490 g/mol. The lowest BCUT2D eigenvalue weighted by molar-refractivity contribution is -0.118. The van der Waals surface area contributed by atoms with Gasteiger partial charge in [-0.3, -0.25) is 4.79 Å². The van der Waals surface area contributed by atoms with Gasteiger partial charge in [0.05, 0.1) is 24.5 Å². The van der Waals surface area contributed by atoms with Gasteiger partial charge in [-0.25, -0.2) is 9.48 Å². The molecule has 1 aromatic heterocycles. The summed E-state index contributed by atoms with van der Waals surface area (Å²) in [5.41, 5.74) is 4.01. The molecule has 0 aliphatic carbocycles. The predicted octanol–water partition coefficient (Wildman–Crippen LogP) is 4.98. The number of fused-ring (bicyclic) bond motifs is 1. The second kappa shape index (κ2) is 10.4. The summed E-state index contributed by atoms with van der Waals surface area (Å²) in [6.07, 6.45) is 2.59. The fourth-order valence-electron chi connectivity index (χ4n) is 4.39. The number of benzene rings is 2. The van der Waals surface area contributed by atoms with Crippen LogP contribution in [-0.4, -0.2) is 38.6 Å². The van der Waals surface area contributed by atoms with Crippen LogP contribution in [-0.2, 0) is 16.1 Å². The zero-order valence-corrected chi connectivity index (χ0v) is 21.5. The number of aromatic nitrogens is 3. The normalized spacial score (nSPS) is 17.3. The van der Waals surface area contributed by atoms with Crippen molar-refractivity contribution in [1.82, 2.24) is 20.3 Å². The van der Waals surface area contributed by atoms with E-state index in [1.165, 1.54) is 0 Å². The highest BCUT2D eigenvalue weighted by molar-refractivity contribution is 5.95. The number of para-hydroxylation sites is 1. The molecule has 0 bridgehead atoms. The van der Waals surface area contributed by atoms with Crippen LogP contribution >= 0.6 is 0 Å². The number of ether oxygens (including phenoxy) is 1. The molecule has 0 unspecified atom stereocenters. The topological polar surface area (TPSA) is 101 Å². The third-order valence-corrected chi connectivity index (χ3v) is 5.99. The lowest BCUT2D eigenvalue weighted by Gasteiger charge is -2.40. The van der Waals surface area contributed by atoms with Crippen molar-refractivity contribution >= 4 is 23.4 Å². The van der Waals surface area contributed by atoms with Crippen LogP contribution in [0.1, 0.15) is 64.8 Å². The lowest BCUT2D eigenvalue weighted by Crippen LogP contribution is -2.44. The Morgan fingerprint density at radius 1 is 1.11 bits per heavy atom. The van der Waals surface area contributed by atoms with Gasteiger partial charge in [0.2, 0.25) is 5.91 Å². The van der Waals surface area contributed by atoms with Gasteiger partial charge in [0.25, 0.3) is 0 Å². The fourth-order valence-corrected chi connectivity index (χ4v) is 4.39. The average Bonchev–Trinajstić information content (AvgIpc) is 3.31. The van der Waals surface area contributed by atoms with Crippen molar-refractivity contribution in [3.63, 3.8) is 0 Å². The summed E-state index contributed by atoms with van der Waals surface area (Å²) in [6.45, 7) is 9.68. The maximum atomic E-state index is 12.6. The van der Waals surface area contributed by atoms with Crippen molar-refractivity contribution in [2.75, 3.05) is 10.2 Å². The predicted molar refractivity (Wildman–Crippen MR) is 139 cm³/mol. The van der Waals surface area contributed by atoms with E-state index in [9.17, 15) is 9.59 Å². The van der Waals surface area contributed by atoms with Gasteiger partial charge in [-0.2, -0.15) is 0 Å². The molecule has 1 aliphatic heterocycles. The van der Waals surface area contributed by atoms with Crippen LogP contribution in [0.4, 0.5) is 16.2 Å². The molecule has 0 saturated carbocycles. The standard InChI is InChI=1S/C27H34N6O3/c1-6-25(34)33-18(2)15-23(22-9-7-8-10-24(22)33)29-19-11-13-21(14-12-19)32-17-20(30-31-32)16-28-26(35)36-27(3,4)5/h7-14,17-18,23,29H,6,15-16H2,1-5H3,(H,28,35)/t18-,23+/m0/s1. The molecule has 2 atom stereocenters. The second-order valence-corrected chi connectivity index (χ2v) is 10.0. The van der Waals surface area contributed by atoms with Crippen LogP contribution in [0.25, 0.3) is 5.69 Å². The maximum Gasteiger partial charge on any atom is 0.407 e. The van der Waals surface area contributed by atoms with Gasteiger partial charge in [-0.1, -0.05) is 30.3 Å². The molecular weight excluding hydrogens is 456 g/mol. The van der Waals surface area contributed by atoms with Crippen molar-refractivity contribution < 1.29 is 14.3 Å². The molecule has 2 amide bonds. The number of carbonyl (C=O) groups is 2. The van der Waals surface area contributed by atoms with E-state index in [4.69, 9.17) is 4.74 Å². The summed E-state index contributed by atoms with van der Waals surface area (Å²) in [4.78, 5) is 26.4. The van der Waals surface area contributed by atoms with Crippen molar-refractivity contribution in [3.05, 3.63) is 66.0 Å². The number of carbonyl (C=O) groups excluding carboxylic acids is 2. The van der Waals surface area contributed by atoms with Gasteiger partial charge in [-0.15, -0.1) is 5.10 Å². The summed E-state index contributed by atoms with van der Waals surface area (Å²) < 4.78 is 6.92. The molecule has 190 valence electrons. The Bertz CT molecular complexity index is 1210. The fraction of sp³-hybridized carbons (Fsp3) is 0.407. The Kier molecular flexibility index (Phi) is 7.28. The van der Waals surface area contributed by atoms with E-state index in [0.717, 1.165) is 29.0 Å². The van der Waals surface area contributed by atoms with Gasteiger partial charge < -0.3 is 20.3 Å². The summed E-state index contributed by atoms with van der Waals surface area (Å²) in [7, 11) is 0. The Labute approximate surface area is 211 Å². The van der Waals surface area contributed by atoms with Crippen LogP contribution < -0.4 is 15.5 Å². The molecule has 3 aromatic rings. The number of amides is 2. The highest BCUT2D eigenvalue weighted by atomic mass is 16.6. The van der Waals surface area contributed by atoms with Gasteiger partial charge in [0.1, 0.15) is 11.3 Å². The lowest BCUT2D eigenvalue weighted by atomic mass is 9.91. The molecule has 0 spiro atoms. The molecule has 2 aromatic carbocycles. The molecular formula is C27H34N6O3. The SMILES string of the molecule is CCC(=O)N1c2ccccc2[C@H](Nc2ccc(-n3cc(CNC(=O)OC(C)(C)C)nn3)cc2)C[C@@H]1C. The van der Waals surface area contributed by atoms with Crippen LogP contribution in [0.2, 0.25) is 0 Å². The zero-order valence-electron chi connectivity index (χ0n) is 21.5. The van der Waals surface area contributed by atoms with Crippen molar-refractivity contribution in [2.24, 2.45) is 0 Å². The number of rotatable bonds is 6. The average molecular weight is 491 g/mol. The van der Waals surface area contributed by atoms with E-state index >= 15 is 0 Å². The van der Waals surface area contributed by atoms with E-state index in [-0.39, 0.29) is 24.5 Å². The van der Waals surface area contributed by atoms with Gasteiger partial charge in [0.15, 0.2) is 0 Å². The number of hydrogen-bond donors (Lipinski definition) is 2. The summed E-state index contributed by atoms with van der Waals surface area (Å²) in [5.74, 6) is 0.145. The number of anilines is 2. The first-order valence-corrected chi connectivity index (χ1v) is 12.3. The Morgan fingerprint density at radius 2 is 1.83 bits per heavy atom. The molecule has 1 aliphatic rings. The summed E-state index contributed by atoms with van der Waals surface area (Å²) in [6, 6.07) is 16.3. The molecule has 9 nitrogen and oxygen atoms in total. The summed E-state index contributed by atoms with van der Waals surface area (Å²) >= 11 is 0. The number of alkyl carbamates (subject to hydrolysis) is 1. The highest BCUT2D eigenvalue weighted by Crippen LogP contribution is 2.39. The van der Waals surface area contributed by atoms with E-state index < -0.39 is 11.7 Å². The number of hydrogen-bond acceptors (Lipinski definition) is 6. The Hall–Kier alpha value is -3.88. The highest BCUT2D eigenvalue weighted by Gasteiger charge is 2.32. The van der Waals surface area contributed by atoms with Crippen molar-refractivity contribution in [1.29, 1.82) is 0 Å². The molecule has 2 heterocycles. The van der Waals surface area contributed by atoms with Gasteiger partial charge in [-0.05, 0) is 70.0 Å². The minimum absolute atomic E-state index is 0.0971. The molecule has 0 fully saturated rings. The minimum Gasteiger partial charge on any atom is -0.444 e. The largest absolute Gasteiger partial charge is 0.444 e. The molecule has 9 heteroatoms. The minimum atomic E-state index is -0.554. The van der Waals surface area contributed by atoms with Crippen LogP contribution in [0.5, 0.6) is 0 Å². The molecule has 0 saturated heterocycles. The molecule has 0 radical (unpaired) electrons. The third kappa shape index (κ3) is 5.84. The van der Waals surface area contributed by atoms with Crippen LogP contribution in [0.15, 0.2) is 54.7 Å². The Balaban J connectivity index is 1.42. The molecule has 4 rings (SSSR count). The zero-order chi connectivity index (χ0) is 25.9. The van der Waals surface area contributed by atoms with Crippen molar-refractivity contribution in [3.8, 4) is 5.69 Å². The van der Waals surface area contributed by atoms with Crippen LogP contribution in [0.3, 0.4) is 0 Å². The van der Waals surface area contributed by atoms with Gasteiger partial charge in [0, 0.05) is 23.8 Å². The smallest absolute Gasteiger partial charge is 0.407 e. The second-order valence-electron chi connectivity index (χ2n) is 10.0. The van der Waals surface area contributed by atoms with Gasteiger partial charge >= 0.3 is 6.09 Å². The molecule has 2 N–H and O–H groups in total. The first-order chi connectivity index (χ1) is 17.1. The first kappa shape index (κ1) is 25.2.